The summed E-state index contributed by atoms with van der Waals surface area (Å²) in [5.41, 5.74) is 0.883. The fourth-order valence-corrected chi connectivity index (χ4v) is 1.53. The standard InChI is InChI=1S/C13H18N2O3/c1-2-14-9-12(16)15-11(13(17)18)8-10-6-4-3-5-7-10/h3-7,11,14H,2,8-9H2,1H3,(H,15,16)(H,17,18). The predicted octanol–water partition coefficient (Wildman–Crippen LogP) is 0.408. The van der Waals surface area contributed by atoms with E-state index < -0.39 is 12.0 Å². The van der Waals surface area contributed by atoms with Gasteiger partial charge in [0.05, 0.1) is 6.54 Å². The molecule has 1 unspecified atom stereocenters. The molecule has 0 radical (unpaired) electrons. The van der Waals surface area contributed by atoms with Crippen molar-refractivity contribution >= 4 is 11.9 Å². The van der Waals surface area contributed by atoms with Gasteiger partial charge in [-0.25, -0.2) is 4.79 Å². The van der Waals surface area contributed by atoms with Gasteiger partial charge in [0.15, 0.2) is 0 Å². The van der Waals surface area contributed by atoms with E-state index in [0.717, 1.165) is 5.56 Å². The lowest BCUT2D eigenvalue weighted by atomic mass is 10.1. The minimum atomic E-state index is -1.02. The van der Waals surface area contributed by atoms with Crippen LogP contribution < -0.4 is 10.6 Å². The Morgan fingerprint density at radius 1 is 1.28 bits per heavy atom. The Bertz CT molecular complexity index is 392. The minimum absolute atomic E-state index is 0.134. The molecule has 0 saturated heterocycles. The van der Waals surface area contributed by atoms with Crippen molar-refractivity contribution in [2.24, 2.45) is 0 Å². The lowest BCUT2D eigenvalue weighted by molar-refractivity contribution is -0.141. The van der Waals surface area contributed by atoms with E-state index in [4.69, 9.17) is 5.11 Å². The first kappa shape index (κ1) is 14.2. The zero-order chi connectivity index (χ0) is 13.4. The molecule has 0 heterocycles. The molecular formula is C13H18N2O3. The largest absolute Gasteiger partial charge is 0.480 e. The highest BCUT2D eigenvalue weighted by atomic mass is 16.4. The van der Waals surface area contributed by atoms with Crippen LogP contribution in [-0.4, -0.2) is 36.1 Å². The van der Waals surface area contributed by atoms with Crippen LogP contribution in [0.2, 0.25) is 0 Å². The number of carbonyl (C=O) groups is 2. The van der Waals surface area contributed by atoms with Gasteiger partial charge in [-0.1, -0.05) is 37.3 Å². The van der Waals surface area contributed by atoms with Crippen molar-refractivity contribution in [2.45, 2.75) is 19.4 Å². The molecule has 0 aliphatic carbocycles. The summed E-state index contributed by atoms with van der Waals surface area (Å²) in [6, 6.07) is 8.34. The van der Waals surface area contributed by atoms with E-state index in [-0.39, 0.29) is 18.9 Å². The molecule has 0 bridgehead atoms. The summed E-state index contributed by atoms with van der Waals surface area (Å²) in [6.45, 7) is 2.69. The van der Waals surface area contributed by atoms with Gasteiger partial charge in [-0.15, -0.1) is 0 Å². The van der Waals surface area contributed by atoms with Crippen LogP contribution in [0, 0.1) is 0 Å². The van der Waals surface area contributed by atoms with E-state index in [1.54, 1.807) is 0 Å². The maximum atomic E-state index is 11.5. The maximum Gasteiger partial charge on any atom is 0.326 e. The zero-order valence-electron chi connectivity index (χ0n) is 10.3. The second-order valence-corrected chi connectivity index (χ2v) is 3.93. The van der Waals surface area contributed by atoms with Crippen LogP contribution in [0.3, 0.4) is 0 Å². The minimum Gasteiger partial charge on any atom is -0.480 e. The predicted molar refractivity (Wildman–Crippen MR) is 68.3 cm³/mol. The summed E-state index contributed by atoms with van der Waals surface area (Å²) in [6.07, 6.45) is 0.286. The Morgan fingerprint density at radius 2 is 1.94 bits per heavy atom. The van der Waals surface area contributed by atoms with Gasteiger partial charge >= 0.3 is 5.97 Å². The van der Waals surface area contributed by atoms with Gasteiger partial charge in [0.25, 0.3) is 0 Å². The lowest BCUT2D eigenvalue weighted by Crippen LogP contribution is -2.45. The first-order valence-electron chi connectivity index (χ1n) is 5.90. The van der Waals surface area contributed by atoms with Crippen molar-refractivity contribution in [1.29, 1.82) is 0 Å². The van der Waals surface area contributed by atoms with Crippen molar-refractivity contribution in [2.75, 3.05) is 13.1 Å². The first-order valence-corrected chi connectivity index (χ1v) is 5.90. The van der Waals surface area contributed by atoms with Gasteiger partial charge in [0.1, 0.15) is 6.04 Å². The Labute approximate surface area is 106 Å². The van der Waals surface area contributed by atoms with Gasteiger partial charge in [0, 0.05) is 6.42 Å². The Balaban J connectivity index is 2.55. The summed E-state index contributed by atoms with van der Waals surface area (Å²) in [7, 11) is 0. The highest BCUT2D eigenvalue weighted by Gasteiger charge is 2.19. The monoisotopic (exact) mass is 250 g/mol. The third-order valence-electron chi connectivity index (χ3n) is 2.45. The van der Waals surface area contributed by atoms with Gasteiger partial charge < -0.3 is 15.7 Å². The quantitative estimate of drug-likeness (QED) is 0.655. The van der Waals surface area contributed by atoms with Crippen LogP contribution in [-0.2, 0) is 16.0 Å². The van der Waals surface area contributed by atoms with Crippen molar-refractivity contribution in [3.8, 4) is 0 Å². The third kappa shape index (κ3) is 4.97. The van der Waals surface area contributed by atoms with E-state index in [1.165, 1.54) is 0 Å². The van der Waals surface area contributed by atoms with E-state index in [1.807, 2.05) is 37.3 Å². The van der Waals surface area contributed by atoms with E-state index in [9.17, 15) is 9.59 Å². The van der Waals surface area contributed by atoms with E-state index >= 15 is 0 Å². The highest BCUT2D eigenvalue weighted by Crippen LogP contribution is 2.03. The molecular weight excluding hydrogens is 232 g/mol. The number of amides is 1. The number of nitrogens with one attached hydrogen (secondary N) is 2. The number of likely N-dealkylation sites (N-methyl/N-ethyl adjacent to an activating group) is 1. The molecule has 1 atom stereocenters. The molecule has 0 aliphatic heterocycles. The number of carbonyl (C=O) groups excluding carboxylic acids is 1. The SMILES string of the molecule is CCNCC(=O)NC(Cc1ccccc1)C(=O)O. The fraction of sp³-hybridized carbons (Fsp3) is 0.385. The summed E-state index contributed by atoms with van der Waals surface area (Å²) < 4.78 is 0. The first-order chi connectivity index (χ1) is 8.63. The molecule has 5 heteroatoms. The maximum absolute atomic E-state index is 11.5. The number of rotatable bonds is 7. The fourth-order valence-electron chi connectivity index (χ4n) is 1.53. The molecule has 1 aromatic carbocycles. The Kier molecular flexibility index (Phi) is 5.87. The molecule has 98 valence electrons. The topological polar surface area (TPSA) is 78.4 Å². The number of carboxylic acids is 1. The normalized spacial score (nSPS) is 11.8. The molecule has 3 N–H and O–H groups in total. The van der Waals surface area contributed by atoms with Crippen molar-refractivity contribution in [3.05, 3.63) is 35.9 Å². The van der Waals surface area contributed by atoms with Crippen LogP contribution in [0.25, 0.3) is 0 Å². The molecule has 1 aromatic rings. The second kappa shape index (κ2) is 7.45. The Hall–Kier alpha value is -1.88. The summed E-state index contributed by atoms with van der Waals surface area (Å²) in [5.74, 6) is -1.33. The highest BCUT2D eigenvalue weighted by molar-refractivity contribution is 5.84. The number of hydrogen-bond acceptors (Lipinski definition) is 3. The molecule has 0 aliphatic rings. The van der Waals surface area contributed by atoms with Crippen LogP contribution in [0.5, 0.6) is 0 Å². The van der Waals surface area contributed by atoms with Crippen LogP contribution >= 0.6 is 0 Å². The number of hydrogen-bond donors (Lipinski definition) is 3. The summed E-state index contributed by atoms with van der Waals surface area (Å²) in [5, 5.41) is 14.4. The van der Waals surface area contributed by atoms with Gasteiger partial charge in [-0.2, -0.15) is 0 Å². The number of carboxylic acid groups (broad SMARTS) is 1. The van der Waals surface area contributed by atoms with Crippen molar-refractivity contribution < 1.29 is 14.7 Å². The lowest BCUT2D eigenvalue weighted by Gasteiger charge is -2.14. The van der Waals surface area contributed by atoms with Crippen molar-refractivity contribution in [1.82, 2.24) is 10.6 Å². The smallest absolute Gasteiger partial charge is 0.326 e. The molecule has 0 saturated carbocycles. The number of benzene rings is 1. The van der Waals surface area contributed by atoms with Crippen molar-refractivity contribution in [3.63, 3.8) is 0 Å². The third-order valence-corrected chi connectivity index (χ3v) is 2.45. The summed E-state index contributed by atoms with van der Waals surface area (Å²) in [4.78, 5) is 22.5. The molecule has 0 spiro atoms. The number of aliphatic carboxylic acids is 1. The Morgan fingerprint density at radius 3 is 2.50 bits per heavy atom. The average molecular weight is 250 g/mol. The van der Waals surface area contributed by atoms with Gasteiger partial charge in [0.2, 0.25) is 5.91 Å². The molecule has 5 nitrogen and oxygen atoms in total. The van der Waals surface area contributed by atoms with Crippen LogP contribution in [0.15, 0.2) is 30.3 Å². The van der Waals surface area contributed by atoms with Crippen LogP contribution in [0.1, 0.15) is 12.5 Å². The second-order valence-electron chi connectivity index (χ2n) is 3.93. The molecule has 0 fully saturated rings. The van der Waals surface area contributed by atoms with E-state index in [0.29, 0.717) is 6.54 Å². The molecule has 1 amide bonds. The zero-order valence-corrected chi connectivity index (χ0v) is 10.3. The van der Waals surface area contributed by atoms with E-state index in [2.05, 4.69) is 10.6 Å². The van der Waals surface area contributed by atoms with Gasteiger partial charge in [-0.05, 0) is 12.1 Å². The molecule has 0 aromatic heterocycles. The van der Waals surface area contributed by atoms with Crippen LogP contribution in [0.4, 0.5) is 0 Å². The average Bonchev–Trinajstić information content (AvgIpc) is 2.36. The molecule has 18 heavy (non-hydrogen) atoms. The summed E-state index contributed by atoms with van der Waals surface area (Å²) >= 11 is 0. The molecule has 1 rings (SSSR count). The van der Waals surface area contributed by atoms with Gasteiger partial charge in [-0.3, -0.25) is 4.79 Å².